The zero-order valence-electron chi connectivity index (χ0n) is 21.7. The molecule has 9 nitrogen and oxygen atoms in total. The topological polar surface area (TPSA) is 99.9 Å². The van der Waals surface area contributed by atoms with Crippen LogP contribution in [0.4, 0.5) is 0 Å². The van der Waals surface area contributed by atoms with Gasteiger partial charge in [-0.15, -0.1) is 0 Å². The molecule has 2 fully saturated rings. The van der Waals surface area contributed by atoms with Crippen molar-refractivity contribution in [1.29, 1.82) is 0 Å². The van der Waals surface area contributed by atoms with Gasteiger partial charge in [0.05, 0.1) is 30.2 Å². The summed E-state index contributed by atoms with van der Waals surface area (Å²) in [4.78, 5) is 31.4. The highest BCUT2D eigenvalue weighted by Crippen LogP contribution is 2.23. The number of amides is 1. The predicted octanol–water partition coefficient (Wildman–Crippen LogP) is 2.31. The number of piperidine rings is 1. The van der Waals surface area contributed by atoms with Gasteiger partial charge in [0.15, 0.2) is 5.69 Å². The summed E-state index contributed by atoms with van der Waals surface area (Å²) in [5.41, 5.74) is 3.16. The zero-order valence-corrected chi connectivity index (χ0v) is 22.4. The Morgan fingerprint density at radius 1 is 1.05 bits per heavy atom. The minimum Gasteiger partial charge on any atom is -0.393 e. The van der Waals surface area contributed by atoms with Crippen LogP contribution in [0.5, 0.6) is 0 Å². The number of hydrogen-bond donors (Lipinski definition) is 2. The number of morpholine rings is 1. The Morgan fingerprint density at radius 2 is 1.74 bits per heavy atom. The molecule has 202 valence electrons. The van der Waals surface area contributed by atoms with E-state index in [0.29, 0.717) is 36.7 Å². The van der Waals surface area contributed by atoms with Crippen LogP contribution in [0.15, 0.2) is 41.2 Å². The largest absolute Gasteiger partial charge is 0.393 e. The number of fused-ring (bicyclic) bond motifs is 1. The van der Waals surface area contributed by atoms with Gasteiger partial charge in [-0.2, -0.15) is 5.10 Å². The molecule has 3 heterocycles. The van der Waals surface area contributed by atoms with Crippen LogP contribution in [0.3, 0.4) is 0 Å². The number of nitrogens with one attached hydrogen (secondary N) is 1. The van der Waals surface area contributed by atoms with E-state index in [9.17, 15) is 14.7 Å². The van der Waals surface area contributed by atoms with Crippen molar-refractivity contribution in [3.8, 4) is 0 Å². The molecule has 10 heteroatoms. The van der Waals surface area contributed by atoms with Crippen molar-refractivity contribution in [2.75, 3.05) is 39.4 Å². The van der Waals surface area contributed by atoms with Crippen molar-refractivity contribution in [1.82, 2.24) is 24.9 Å². The molecular formula is C28H34ClN5O4. The van der Waals surface area contributed by atoms with Crippen molar-refractivity contribution >= 4 is 28.4 Å². The van der Waals surface area contributed by atoms with Gasteiger partial charge in [0.25, 0.3) is 5.91 Å². The number of ether oxygens (including phenoxy) is 1. The third kappa shape index (κ3) is 6.24. The van der Waals surface area contributed by atoms with Gasteiger partial charge >= 0.3 is 0 Å². The molecular weight excluding hydrogens is 506 g/mol. The Balaban J connectivity index is 1.48. The number of aliphatic hydroxyl groups excluding tert-OH is 1. The predicted molar refractivity (Wildman–Crippen MR) is 146 cm³/mol. The zero-order chi connectivity index (χ0) is 26.6. The number of aromatic nitrogens is 2. The number of benzene rings is 2. The lowest BCUT2D eigenvalue weighted by Crippen LogP contribution is -2.36. The minimum atomic E-state index is -0.507. The van der Waals surface area contributed by atoms with Crippen LogP contribution in [-0.4, -0.2) is 76.1 Å². The van der Waals surface area contributed by atoms with Crippen molar-refractivity contribution in [3.63, 3.8) is 0 Å². The highest BCUT2D eigenvalue weighted by molar-refractivity contribution is 6.30. The third-order valence-corrected chi connectivity index (χ3v) is 7.58. The second-order valence-corrected chi connectivity index (χ2v) is 10.6. The van der Waals surface area contributed by atoms with E-state index in [-0.39, 0.29) is 23.8 Å². The van der Waals surface area contributed by atoms with Crippen LogP contribution in [-0.2, 0) is 31.4 Å². The molecule has 2 aliphatic rings. The Labute approximate surface area is 226 Å². The van der Waals surface area contributed by atoms with Crippen LogP contribution in [0.1, 0.15) is 40.0 Å². The second kappa shape index (κ2) is 11.9. The molecule has 2 saturated heterocycles. The summed E-state index contributed by atoms with van der Waals surface area (Å²) in [7, 11) is 1.78. The molecule has 5 rings (SSSR count). The summed E-state index contributed by atoms with van der Waals surface area (Å²) in [6, 6.07) is 11.3. The number of rotatable bonds is 7. The molecule has 0 bridgehead atoms. The van der Waals surface area contributed by atoms with Crippen LogP contribution in [0, 0.1) is 0 Å². The fraction of sp³-hybridized carbons (Fsp3) is 0.464. The molecule has 38 heavy (non-hydrogen) atoms. The van der Waals surface area contributed by atoms with E-state index in [1.807, 2.05) is 18.2 Å². The first kappa shape index (κ1) is 26.8. The molecule has 2 N–H and O–H groups in total. The van der Waals surface area contributed by atoms with Gasteiger partial charge in [-0.3, -0.25) is 24.1 Å². The number of carbonyl (C=O) groups excluding carboxylic acids is 1. The maximum atomic E-state index is 13.7. The summed E-state index contributed by atoms with van der Waals surface area (Å²) in [5.74, 6) is -0.507. The normalized spacial score (nSPS) is 17.7. The molecule has 3 aromatic rings. The highest BCUT2D eigenvalue weighted by atomic mass is 35.5. The Hall–Kier alpha value is -2.82. The van der Waals surface area contributed by atoms with E-state index in [2.05, 4.69) is 26.3 Å². The first-order valence-corrected chi connectivity index (χ1v) is 13.5. The van der Waals surface area contributed by atoms with Crippen molar-refractivity contribution < 1.29 is 14.6 Å². The third-order valence-electron chi connectivity index (χ3n) is 7.32. The second-order valence-electron chi connectivity index (χ2n) is 10.2. The van der Waals surface area contributed by atoms with Gasteiger partial charge in [-0.25, -0.2) is 0 Å². The average molecular weight is 540 g/mol. The standard InChI is InChI=1S/C28H34ClN5O4/c1-32-26-21(18-33-8-6-23(35)7-9-33)14-20(17-34-10-12-38-13-11-34)15-24(26)27(36)25(31-32)28(37)30-16-19-2-4-22(29)5-3-19/h2-5,14-15,23,35H,6-13,16-18H2,1H3,(H,30,37). The van der Waals surface area contributed by atoms with E-state index in [0.717, 1.165) is 61.2 Å². The molecule has 2 aromatic carbocycles. The summed E-state index contributed by atoms with van der Waals surface area (Å²) >= 11 is 5.95. The summed E-state index contributed by atoms with van der Waals surface area (Å²) in [6.07, 6.45) is 1.22. The van der Waals surface area contributed by atoms with E-state index < -0.39 is 5.91 Å². The smallest absolute Gasteiger partial charge is 0.276 e. The molecule has 0 saturated carbocycles. The highest BCUT2D eigenvalue weighted by Gasteiger charge is 2.23. The van der Waals surface area contributed by atoms with Gasteiger partial charge < -0.3 is 15.2 Å². The van der Waals surface area contributed by atoms with Gasteiger partial charge in [0.2, 0.25) is 5.43 Å². The summed E-state index contributed by atoms with van der Waals surface area (Å²) < 4.78 is 7.15. The van der Waals surface area contributed by atoms with Crippen LogP contribution in [0.25, 0.3) is 10.9 Å². The molecule has 0 spiro atoms. The number of halogens is 1. The minimum absolute atomic E-state index is 0.121. The SMILES string of the molecule is Cn1nc(C(=O)NCc2ccc(Cl)cc2)c(=O)c2cc(CN3CCOCC3)cc(CN3CCC(O)CC3)c21. The molecule has 0 unspecified atom stereocenters. The molecule has 0 aliphatic carbocycles. The lowest BCUT2D eigenvalue weighted by atomic mass is 10.0. The number of aryl methyl sites for hydroxylation is 1. The number of likely N-dealkylation sites (tertiary alicyclic amines) is 1. The van der Waals surface area contributed by atoms with E-state index >= 15 is 0 Å². The fourth-order valence-corrected chi connectivity index (χ4v) is 5.38. The van der Waals surface area contributed by atoms with Gasteiger partial charge in [0.1, 0.15) is 0 Å². The van der Waals surface area contributed by atoms with Crippen molar-refractivity contribution in [2.24, 2.45) is 7.05 Å². The first-order valence-electron chi connectivity index (χ1n) is 13.1. The number of nitrogens with zero attached hydrogens (tertiary/aromatic N) is 4. The van der Waals surface area contributed by atoms with Crippen molar-refractivity contribution in [3.05, 3.63) is 74.0 Å². The van der Waals surface area contributed by atoms with Crippen LogP contribution in [0.2, 0.25) is 5.02 Å². The summed E-state index contributed by atoms with van der Waals surface area (Å²) in [5, 5.41) is 18.3. The molecule has 0 atom stereocenters. The van der Waals surface area contributed by atoms with Gasteiger partial charge in [-0.1, -0.05) is 29.8 Å². The fourth-order valence-electron chi connectivity index (χ4n) is 5.25. The monoisotopic (exact) mass is 539 g/mol. The van der Waals surface area contributed by atoms with E-state index in [4.69, 9.17) is 16.3 Å². The average Bonchev–Trinajstić information content (AvgIpc) is 2.92. The summed E-state index contributed by atoms with van der Waals surface area (Å²) in [6.45, 7) is 6.27. The van der Waals surface area contributed by atoms with Gasteiger partial charge in [-0.05, 0) is 47.7 Å². The number of carbonyl (C=O) groups is 1. The van der Waals surface area contributed by atoms with Gasteiger partial charge in [0, 0.05) is 57.9 Å². The molecule has 0 radical (unpaired) electrons. The number of aliphatic hydroxyl groups is 1. The molecule has 1 aromatic heterocycles. The quantitative estimate of drug-likeness (QED) is 0.475. The maximum absolute atomic E-state index is 13.7. The Morgan fingerprint density at radius 3 is 2.45 bits per heavy atom. The Bertz CT molecular complexity index is 1350. The van der Waals surface area contributed by atoms with E-state index in [1.165, 1.54) is 0 Å². The van der Waals surface area contributed by atoms with Crippen LogP contribution < -0.4 is 10.7 Å². The molecule has 2 aliphatic heterocycles. The Kier molecular flexibility index (Phi) is 8.40. The van der Waals surface area contributed by atoms with Crippen LogP contribution >= 0.6 is 11.6 Å². The van der Waals surface area contributed by atoms with E-state index in [1.54, 1.807) is 23.9 Å². The lowest BCUT2D eigenvalue weighted by Gasteiger charge is -2.30. The number of hydrogen-bond acceptors (Lipinski definition) is 7. The first-order chi connectivity index (χ1) is 18.4. The lowest BCUT2D eigenvalue weighted by molar-refractivity contribution is 0.0342. The van der Waals surface area contributed by atoms with Crippen molar-refractivity contribution in [2.45, 2.75) is 38.6 Å². The molecule has 1 amide bonds. The maximum Gasteiger partial charge on any atom is 0.276 e.